The number of nitrogens with zero attached hydrogens (tertiary/aromatic N) is 2. The van der Waals surface area contributed by atoms with Crippen LogP contribution in [0, 0.1) is 5.82 Å². The van der Waals surface area contributed by atoms with Crippen LogP contribution in [0.4, 0.5) is 17.6 Å². The fourth-order valence-corrected chi connectivity index (χ4v) is 2.16. The molecule has 4 nitrogen and oxygen atoms in total. The SMILES string of the molecule is N/C(=N/O)c1cccc(CN(CC(F)(F)F)C2CC2)c1F. The van der Waals surface area contributed by atoms with Gasteiger partial charge in [-0.2, -0.15) is 13.2 Å². The molecule has 116 valence electrons. The molecule has 0 radical (unpaired) electrons. The average molecular weight is 305 g/mol. The molecule has 0 heterocycles. The minimum absolute atomic E-state index is 0.0928. The van der Waals surface area contributed by atoms with E-state index in [4.69, 9.17) is 10.9 Å². The second-order valence-corrected chi connectivity index (χ2v) is 5.02. The molecule has 0 aromatic heterocycles. The molecule has 1 aliphatic carbocycles. The lowest BCUT2D eigenvalue weighted by Crippen LogP contribution is -2.35. The highest BCUT2D eigenvalue weighted by atomic mass is 19.4. The number of amidine groups is 1. The summed E-state index contributed by atoms with van der Waals surface area (Å²) >= 11 is 0. The molecule has 21 heavy (non-hydrogen) atoms. The third-order valence-corrected chi connectivity index (χ3v) is 3.28. The standard InChI is InChI=1S/C13H15F4N3O/c14-11-8(2-1-3-10(11)12(18)19-21)6-20(9-4-5-9)7-13(15,16)17/h1-3,9,21H,4-7H2,(H2,18,19). The van der Waals surface area contributed by atoms with E-state index in [-0.39, 0.29) is 23.7 Å². The average Bonchev–Trinajstić information content (AvgIpc) is 3.22. The van der Waals surface area contributed by atoms with Crippen molar-refractivity contribution in [2.24, 2.45) is 10.9 Å². The number of alkyl halides is 3. The lowest BCUT2D eigenvalue weighted by Gasteiger charge is -2.23. The van der Waals surface area contributed by atoms with Crippen LogP contribution in [0.3, 0.4) is 0 Å². The summed E-state index contributed by atoms with van der Waals surface area (Å²) in [5.41, 5.74) is 5.30. The highest BCUT2D eigenvalue weighted by Crippen LogP contribution is 2.32. The van der Waals surface area contributed by atoms with Crippen molar-refractivity contribution in [2.75, 3.05) is 6.54 Å². The first-order valence-corrected chi connectivity index (χ1v) is 6.38. The molecule has 0 bridgehead atoms. The highest BCUT2D eigenvalue weighted by molar-refractivity contribution is 5.97. The van der Waals surface area contributed by atoms with Crippen LogP contribution in [-0.4, -0.2) is 34.7 Å². The maximum absolute atomic E-state index is 14.2. The molecule has 2 rings (SSSR count). The van der Waals surface area contributed by atoms with Crippen LogP contribution in [0.1, 0.15) is 24.0 Å². The van der Waals surface area contributed by atoms with Crippen molar-refractivity contribution in [3.63, 3.8) is 0 Å². The monoisotopic (exact) mass is 305 g/mol. The van der Waals surface area contributed by atoms with Crippen LogP contribution in [0.2, 0.25) is 0 Å². The largest absolute Gasteiger partial charge is 0.409 e. The Labute approximate surface area is 118 Å². The van der Waals surface area contributed by atoms with E-state index in [0.29, 0.717) is 12.8 Å². The lowest BCUT2D eigenvalue weighted by molar-refractivity contribution is -0.148. The minimum atomic E-state index is -4.33. The number of oxime groups is 1. The summed E-state index contributed by atoms with van der Waals surface area (Å²) < 4.78 is 51.9. The summed E-state index contributed by atoms with van der Waals surface area (Å²) in [5, 5.41) is 11.3. The van der Waals surface area contributed by atoms with E-state index in [1.54, 1.807) is 0 Å². The Kier molecular flexibility index (Phi) is 4.36. The van der Waals surface area contributed by atoms with E-state index in [1.807, 2.05) is 0 Å². The molecule has 0 unspecified atom stereocenters. The van der Waals surface area contributed by atoms with Crippen molar-refractivity contribution in [1.82, 2.24) is 4.90 Å². The van der Waals surface area contributed by atoms with Crippen LogP contribution < -0.4 is 5.73 Å². The van der Waals surface area contributed by atoms with Gasteiger partial charge in [-0.15, -0.1) is 0 Å². The number of benzene rings is 1. The Morgan fingerprint density at radius 2 is 2.05 bits per heavy atom. The Morgan fingerprint density at radius 3 is 2.57 bits per heavy atom. The third-order valence-electron chi connectivity index (χ3n) is 3.28. The quantitative estimate of drug-likeness (QED) is 0.289. The first-order valence-electron chi connectivity index (χ1n) is 6.38. The van der Waals surface area contributed by atoms with Gasteiger partial charge in [0.1, 0.15) is 5.82 Å². The Balaban J connectivity index is 2.21. The topological polar surface area (TPSA) is 61.9 Å². The smallest absolute Gasteiger partial charge is 0.401 e. The molecule has 0 amide bonds. The first kappa shape index (κ1) is 15.6. The van der Waals surface area contributed by atoms with Crippen LogP contribution in [-0.2, 0) is 6.54 Å². The third kappa shape index (κ3) is 4.07. The zero-order chi connectivity index (χ0) is 15.6. The summed E-state index contributed by atoms with van der Waals surface area (Å²) in [7, 11) is 0. The summed E-state index contributed by atoms with van der Waals surface area (Å²) in [6.07, 6.45) is -2.97. The molecule has 0 aliphatic heterocycles. The fraction of sp³-hybridized carbons (Fsp3) is 0.462. The van der Waals surface area contributed by atoms with E-state index < -0.39 is 24.4 Å². The van der Waals surface area contributed by atoms with E-state index in [1.165, 1.54) is 23.1 Å². The Morgan fingerprint density at radius 1 is 1.38 bits per heavy atom. The van der Waals surface area contributed by atoms with Crippen LogP contribution in [0.15, 0.2) is 23.4 Å². The molecule has 3 N–H and O–H groups in total. The molecule has 8 heteroatoms. The maximum Gasteiger partial charge on any atom is 0.401 e. The number of nitrogens with two attached hydrogens (primary N) is 1. The molecule has 1 saturated carbocycles. The molecule has 1 fully saturated rings. The number of rotatable bonds is 5. The van der Waals surface area contributed by atoms with Gasteiger partial charge in [-0.3, -0.25) is 4.90 Å². The molecule has 0 atom stereocenters. The van der Waals surface area contributed by atoms with Crippen LogP contribution >= 0.6 is 0 Å². The first-order chi connectivity index (χ1) is 9.81. The second-order valence-electron chi connectivity index (χ2n) is 5.02. The van der Waals surface area contributed by atoms with Gasteiger partial charge in [-0.05, 0) is 18.9 Å². The molecule has 0 saturated heterocycles. The van der Waals surface area contributed by atoms with Crippen LogP contribution in [0.5, 0.6) is 0 Å². The van der Waals surface area contributed by atoms with Gasteiger partial charge in [0.05, 0.1) is 12.1 Å². The van der Waals surface area contributed by atoms with Gasteiger partial charge in [0.15, 0.2) is 5.84 Å². The number of halogens is 4. The molecule has 1 aliphatic rings. The Hall–Kier alpha value is -1.83. The minimum Gasteiger partial charge on any atom is -0.409 e. The second kappa shape index (κ2) is 5.88. The van der Waals surface area contributed by atoms with Gasteiger partial charge in [-0.1, -0.05) is 17.3 Å². The fourth-order valence-electron chi connectivity index (χ4n) is 2.16. The van der Waals surface area contributed by atoms with Gasteiger partial charge >= 0.3 is 6.18 Å². The van der Waals surface area contributed by atoms with Gasteiger partial charge in [0.2, 0.25) is 0 Å². The molecule has 1 aromatic carbocycles. The summed E-state index contributed by atoms with van der Waals surface area (Å²) in [5.74, 6) is -1.18. The van der Waals surface area contributed by atoms with E-state index in [9.17, 15) is 17.6 Å². The predicted molar refractivity (Wildman–Crippen MR) is 68.4 cm³/mol. The van der Waals surface area contributed by atoms with Crippen molar-refractivity contribution in [3.8, 4) is 0 Å². The summed E-state index contributed by atoms with van der Waals surface area (Å²) in [4.78, 5) is 1.20. The lowest BCUT2D eigenvalue weighted by atomic mass is 10.1. The normalized spacial score (nSPS) is 16.5. The highest BCUT2D eigenvalue weighted by Gasteiger charge is 2.38. The molecule has 1 aromatic rings. The van der Waals surface area contributed by atoms with Gasteiger partial charge in [0.25, 0.3) is 0 Å². The van der Waals surface area contributed by atoms with Gasteiger partial charge < -0.3 is 10.9 Å². The number of hydrogen-bond donors (Lipinski definition) is 2. The van der Waals surface area contributed by atoms with Gasteiger partial charge in [0, 0.05) is 18.2 Å². The summed E-state index contributed by atoms with van der Waals surface area (Å²) in [6.45, 7) is -1.24. The zero-order valence-electron chi connectivity index (χ0n) is 11.1. The number of hydrogen-bond acceptors (Lipinski definition) is 3. The summed E-state index contributed by atoms with van der Waals surface area (Å²) in [6, 6.07) is 4.00. The maximum atomic E-state index is 14.2. The molecule has 0 spiro atoms. The van der Waals surface area contributed by atoms with Gasteiger partial charge in [-0.25, -0.2) is 4.39 Å². The zero-order valence-corrected chi connectivity index (χ0v) is 11.1. The Bertz CT molecular complexity index is 541. The van der Waals surface area contributed by atoms with Crippen molar-refractivity contribution < 1.29 is 22.8 Å². The van der Waals surface area contributed by atoms with Crippen molar-refractivity contribution in [2.45, 2.75) is 31.6 Å². The van der Waals surface area contributed by atoms with Crippen molar-refractivity contribution in [1.29, 1.82) is 0 Å². The van der Waals surface area contributed by atoms with E-state index in [0.717, 1.165) is 0 Å². The molecular weight excluding hydrogens is 290 g/mol. The van der Waals surface area contributed by atoms with E-state index in [2.05, 4.69) is 5.16 Å². The van der Waals surface area contributed by atoms with Crippen molar-refractivity contribution >= 4 is 5.84 Å². The van der Waals surface area contributed by atoms with Crippen LogP contribution in [0.25, 0.3) is 0 Å². The van der Waals surface area contributed by atoms with Crippen molar-refractivity contribution in [3.05, 3.63) is 35.1 Å². The molecular formula is C13H15F4N3O. The van der Waals surface area contributed by atoms with E-state index >= 15 is 0 Å². The predicted octanol–water partition coefficient (Wildman–Crippen LogP) is 2.45.